The zero-order valence-corrected chi connectivity index (χ0v) is 12.9. The third-order valence-electron chi connectivity index (χ3n) is 2.87. The summed E-state index contributed by atoms with van der Waals surface area (Å²) in [5, 5.41) is 12.4. The molecular weight excluding hydrogens is 353 g/mol. The fourth-order valence-corrected chi connectivity index (χ4v) is 2.60. The normalized spacial score (nSPS) is 10.3. The largest absolute Gasteiger partial charge is 0.508 e. The molecule has 0 fully saturated rings. The minimum Gasteiger partial charge on any atom is -0.508 e. The molecule has 0 saturated carbocycles. The second-order valence-corrected chi connectivity index (χ2v) is 5.55. The molecule has 0 spiro atoms. The van der Waals surface area contributed by atoms with Gasteiger partial charge in [-0.1, -0.05) is 12.1 Å². The van der Waals surface area contributed by atoms with Gasteiger partial charge in [-0.25, -0.2) is 0 Å². The lowest BCUT2D eigenvalue weighted by Gasteiger charge is -2.13. The molecule has 2 N–H and O–H groups in total. The van der Waals surface area contributed by atoms with Crippen molar-refractivity contribution >= 4 is 34.2 Å². The Kier molecular flexibility index (Phi) is 4.09. The molecule has 0 aliphatic carbocycles. The van der Waals surface area contributed by atoms with Gasteiger partial charge in [-0.3, -0.25) is 4.79 Å². The van der Waals surface area contributed by atoms with Crippen molar-refractivity contribution in [2.45, 2.75) is 13.8 Å². The summed E-state index contributed by atoms with van der Waals surface area (Å²) in [7, 11) is 0. The lowest BCUT2D eigenvalue weighted by molar-refractivity contribution is 0.102. The Labute approximate surface area is 125 Å². The summed E-state index contributed by atoms with van der Waals surface area (Å²) < 4.78 is 0.909. The van der Waals surface area contributed by atoms with Crippen LogP contribution in [0.3, 0.4) is 0 Å². The standard InChI is InChI=1S/C15H14INO2/c1-9-7-11(18)8-10(2)14(9)17-15(19)12-5-3-4-6-13(12)16/h3-8,18H,1-2H3,(H,17,19). The van der Waals surface area contributed by atoms with Crippen LogP contribution in [0.2, 0.25) is 0 Å². The zero-order chi connectivity index (χ0) is 14.0. The van der Waals surface area contributed by atoms with Gasteiger partial charge in [-0.15, -0.1) is 0 Å². The van der Waals surface area contributed by atoms with Crippen LogP contribution < -0.4 is 5.32 Å². The second-order valence-electron chi connectivity index (χ2n) is 4.39. The molecule has 3 nitrogen and oxygen atoms in total. The number of amides is 1. The fourth-order valence-electron chi connectivity index (χ4n) is 1.96. The maximum absolute atomic E-state index is 12.2. The Morgan fingerprint density at radius 2 is 1.74 bits per heavy atom. The summed E-state index contributed by atoms with van der Waals surface area (Å²) in [6, 6.07) is 10.7. The summed E-state index contributed by atoms with van der Waals surface area (Å²) >= 11 is 2.14. The SMILES string of the molecule is Cc1cc(O)cc(C)c1NC(=O)c1ccccc1I. The highest BCUT2D eigenvalue weighted by atomic mass is 127. The monoisotopic (exact) mass is 367 g/mol. The molecule has 0 heterocycles. The van der Waals surface area contributed by atoms with Crippen molar-refractivity contribution in [3.8, 4) is 5.75 Å². The number of aromatic hydroxyl groups is 1. The molecule has 2 rings (SSSR count). The van der Waals surface area contributed by atoms with Crippen LogP contribution in [0.5, 0.6) is 5.75 Å². The van der Waals surface area contributed by atoms with E-state index in [1.165, 1.54) is 0 Å². The number of halogens is 1. The van der Waals surface area contributed by atoms with E-state index in [0.717, 1.165) is 20.4 Å². The van der Waals surface area contributed by atoms with E-state index < -0.39 is 0 Å². The van der Waals surface area contributed by atoms with Crippen LogP contribution in [-0.2, 0) is 0 Å². The number of anilines is 1. The first-order valence-electron chi connectivity index (χ1n) is 5.85. The molecule has 0 atom stereocenters. The van der Waals surface area contributed by atoms with Crippen molar-refractivity contribution in [1.82, 2.24) is 0 Å². The summed E-state index contributed by atoms with van der Waals surface area (Å²) in [4.78, 5) is 12.2. The fraction of sp³-hybridized carbons (Fsp3) is 0.133. The molecule has 1 amide bonds. The molecular formula is C15H14INO2. The topological polar surface area (TPSA) is 49.3 Å². The van der Waals surface area contributed by atoms with E-state index in [0.29, 0.717) is 5.56 Å². The average Bonchev–Trinajstić information content (AvgIpc) is 2.34. The number of phenols is 1. The van der Waals surface area contributed by atoms with Crippen molar-refractivity contribution in [2.75, 3.05) is 5.32 Å². The number of carbonyl (C=O) groups excluding carboxylic acids is 1. The van der Waals surface area contributed by atoms with E-state index in [1.807, 2.05) is 32.0 Å². The molecule has 0 radical (unpaired) electrons. The molecule has 2 aromatic carbocycles. The van der Waals surface area contributed by atoms with Gasteiger partial charge in [0.15, 0.2) is 0 Å². The van der Waals surface area contributed by atoms with Gasteiger partial charge in [0.05, 0.1) is 5.56 Å². The maximum Gasteiger partial charge on any atom is 0.256 e. The van der Waals surface area contributed by atoms with Crippen LogP contribution in [0.25, 0.3) is 0 Å². The Morgan fingerprint density at radius 3 is 2.32 bits per heavy atom. The highest BCUT2D eigenvalue weighted by Gasteiger charge is 2.12. The number of benzene rings is 2. The number of hydrogen-bond acceptors (Lipinski definition) is 2. The number of nitrogens with one attached hydrogen (secondary N) is 1. The summed E-state index contributed by atoms with van der Waals surface area (Å²) in [6.07, 6.45) is 0. The molecule has 2 aromatic rings. The zero-order valence-electron chi connectivity index (χ0n) is 10.7. The molecule has 0 bridgehead atoms. The van der Waals surface area contributed by atoms with Crippen molar-refractivity contribution in [2.24, 2.45) is 0 Å². The highest BCUT2D eigenvalue weighted by molar-refractivity contribution is 14.1. The first kappa shape index (κ1) is 13.9. The van der Waals surface area contributed by atoms with Gasteiger partial charge in [0.1, 0.15) is 5.75 Å². The Hall–Kier alpha value is -1.56. The van der Waals surface area contributed by atoms with Crippen molar-refractivity contribution < 1.29 is 9.90 Å². The van der Waals surface area contributed by atoms with Crippen LogP contribution in [0.1, 0.15) is 21.5 Å². The summed E-state index contributed by atoms with van der Waals surface area (Å²) in [5.74, 6) is 0.0733. The minimum absolute atomic E-state index is 0.137. The van der Waals surface area contributed by atoms with Crippen molar-refractivity contribution in [1.29, 1.82) is 0 Å². The average molecular weight is 367 g/mol. The second kappa shape index (κ2) is 5.61. The molecule has 0 aliphatic rings. The van der Waals surface area contributed by atoms with E-state index in [2.05, 4.69) is 27.9 Å². The highest BCUT2D eigenvalue weighted by Crippen LogP contribution is 2.26. The number of hydrogen-bond donors (Lipinski definition) is 2. The molecule has 0 aliphatic heterocycles. The van der Waals surface area contributed by atoms with E-state index in [4.69, 9.17) is 0 Å². The van der Waals surface area contributed by atoms with Gasteiger partial charge in [-0.2, -0.15) is 0 Å². The molecule has 19 heavy (non-hydrogen) atoms. The maximum atomic E-state index is 12.2. The minimum atomic E-state index is -0.137. The van der Waals surface area contributed by atoms with Gasteiger partial charge in [0.2, 0.25) is 0 Å². The van der Waals surface area contributed by atoms with Gasteiger partial charge < -0.3 is 10.4 Å². The quantitative estimate of drug-likeness (QED) is 0.626. The van der Waals surface area contributed by atoms with Crippen LogP contribution in [-0.4, -0.2) is 11.0 Å². The van der Waals surface area contributed by atoms with E-state index in [1.54, 1.807) is 18.2 Å². The Bertz CT molecular complexity index is 615. The molecule has 0 aromatic heterocycles. The smallest absolute Gasteiger partial charge is 0.256 e. The van der Waals surface area contributed by atoms with Crippen LogP contribution in [0.4, 0.5) is 5.69 Å². The van der Waals surface area contributed by atoms with Crippen molar-refractivity contribution in [3.63, 3.8) is 0 Å². The van der Waals surface area contributed by atoms with Crippen LogP contribution >= 0.6 is 22.6 Å². The predicted octanol–water partition coefficient (Wildman–Crippen LogP) is 3.87. The number of carbonyl (C=O) groups is 1. The lowest BCUT2D eigenvalue weighted by atomic mass is 10.1. The molecule has 0 saturated heterocycles. The molecule has 0 unspecified atom stereocenters. The number of aryl methyl sites for hydroxylation is 2. The molecule has 98 valence electrons. The van der Waals surface area contributed by atoms with Gasteiger partial charge in [-0.05, 0) is 71.8 Å². The van der Waals surface area contributed by atoms with Crippen LogP contribution in [0, 0.1) is 17.4 Å². The van der Waals surface area contributed by atoms with Gasteiger partial charge >= 0.3 is 0 Å². The van der Waals surface area contributed by atoms with Gasteiger partial charge in [0, 0.05) is 9.26 Å². The van der Waals surface area contributed by atoms with E-state index >= 15 is 0 Å². The lowest BCUT2D eigenvalue weighted by Crippen LogP contribution is -2.15. The third-order valence-corrected chi connectivity index (χ3v) is 3.82. The van der Waals surface area contributed by atoms with Crippen LogP contribution in [0.15, 0.2) is 36.4 Å². The Morgan fingerprint density at radius 1 is 1.16 bits per heavy atom. The Balaban J connectivity index is 2.32. The number of rotatable bonds is 2. The first-order chi connectivity index (χ1) is 8.99. The predicted molar refractivity (Wildman–Crippen MR) is 84.7 cm³/mol. The number of phenolic OH excluding ortho intramolecular Hbond substituents is 1. The molecule has 4 heteroatoms. The third kappa shape index (κ3) is 3.07. The summed E-state index contributed by atoms with van der Waals surface area (Å²) in [5.41, 5.74) is 3.09. The van der Waals surface area contributed by atoms with E-state index in [-0.39, 0.29) is 11.7 Å². The summed E-state index contributed by atoms with van der Waals surface area (Å²) in [6.45, 7) is 3.72. The van der Waals surface area contributed by atoms with Gasteiger partial charge in [0.25, 0.3) is 5.91 Å². The van der Waals surface area contributed by atoms with Crippen molar-refractivity contribution in [3.05, 3.63) is 56.7 Å². The first-order valence-corrected chi connectivity index (χ1v) is 6.93. The van der Waals surface area contributed by atoms with E-state index in [9.17, 15) is 9.90 Å².